The summed E-state index contributed by atoms with van der Waals surface area (Å²) in [4.78, 5) is 14.8. The molecule has 0 amide bonds. The summed E-state index contributed by atoms with van der Waals surface area (Å²) in [7, 11) is 0. The molecule has 0 saturated carbocycles. The SMILES string of the molecule is Nc1nccc(-c2cncc(N3CCCC3)c2)n1. The van der Waals surface area contributed by atoms with Crippen molar-refractivity contribution in [3.05, 3.63) is 30.7 Å². The maximum Gasteiger partial charge on any atom is 0.220 e. The van der Waals surface area contributed by atoms with Gasteiger partial charge in [-0.1, -0.05) is 0 Å². The second-order valence-electron chi connectivity index (χ2n) is 4.43. The van der Waals surface area contributed by atoms with Crippen molar-refractivity contribution in [3.63, 3.8) is 0 Å². The third-order valence-electron chi connectivity index (χ3n) is 3.17. The molecular formula is C13H15N5. The van der Waals surface area contributed by atoms with Gasteiger partial charge in [0.2, 0.25) is 5.95 Å². The molecule has 1 fully saturated rings. The number of nitrogens with two attached hydrogens (primary N) is 1. The Morgan fingerprint density at radius 3 is 2.78 bits per heavy atom. The lowest BCUT2D eigenvalue weighted by Crippen LogP contribution is -2.17. The van der Waals surface area contributed by atoms with E-state index in [0.717, 1.165) is 30.0 Å². The molecule has 1 saturated heterocycles. The molecule has 1 aliphatic heterocycles. The highest BCUT2D eigenvalue weighted by Gasteiger charge is 2.13. The van der Waals surface area contributed by atoms with E-state index < -0.39 is 0 Å². The molecule has 0 spiro atoms. The van der Waals surface area contributed by atoms with Crippen LogP contribution < -0.4 is 10.6 Å². The number of pyridine rings is 1. The van der Waals surface area contributed by atoms with Crippen molar-refractivity contribution >= 4 is 11.6 Å². The van der Waals surface area contributed by atoms with E-state index in [0.29, 0.717) is 5.95 Å². The van der Waals surface area contributed by atoms with Crippen molar-refractivity contribution in [3.8, 4) is 11.3 Å². The second-order valence-corrected chi connectivity index (χ2v) is 4.43. The zero-order valence-electron chi connectivity index (χ0n) is 10.1. The molecular weight excluding hydrogens is 226 g/mol. The van der Waals surface area contributed by atoms with Crippen LogP contribution in [0.15, 0.2) is 30.7 Å². The Balaban J connectivity index is 1.95. The fraction of sp³-hybridized carbons (Fsp3) is 0.308. The zero-order valence-corrected chi connectivity index (χ0v) is 10.1. The largest absolute Gasteiger partial charge is 0.370 e. The lowest BCUT2D eigenvalue weighted by molar-refractivity contribution is 0.949. The number of anilines is 2. The third kappa shape index (κ3) is 2.11. The fourth-order valence-corrected chi connectivity index (χ4v) is 2.25. The monoisotopic (exact) mass is 241 g/mol. The lowest BCUT2D eigenvalue weighted by Gasteiger charge is -2.17. The number of hydrogen-bond donors (Lipinski definition) is 1. The first-order valence-corrected chi connectivity index (χ1v) is 6.12. The minimum atomic E-state index is 0.291. The number of hydrogen-bond acceptors (Lipinski definition) is 5. The fourth-order valence-electron chi connectivity index (χ4n) is 2.25. The predicted molar refractivity (Wildman–Crippen MR) is 71.1 cm³/mol. The van der Waals surface area contributed by atoms with E-state index in [2.05, 4.69) is 25.9 Å². The van der Waals surface area contributed by atoms with Crippen molar-refractivity contribution in [1.29, 1.82) is 0 Å². The van der Waals surface area contributed by atoms with E-state index in [4.69, 9.17) is 5.73 Å². The van der Waals surface area contributed by atoms with E-state index >= 15 is 0 Å². The molecule has 3 rings (SSSR count). The first kappa shape index (κ1) is 11.0. The van der Waals surface area contributed by atoms with Gasteiger partial charge in [-0.2, -0.15) is 0 Å². The summed E-state index contributed by atoms with van der Waals surface area (Å²) < 4.78 is 0. The molecule has 0 aliphatic carbocycles. The summed E-state index contributed by atoms with van der Waals surface area (Å²) in [5, 5.41) is 0. The lowest BCUT2D eigenvalue weighted by atomic mass is 10.2. The summed E-state index contributed by atoms with van der Waals surface area (Å²) in [6.07, 6.45) is 7.89. The molecule has 1 aliphatic rings. The first-order chi connectivity index (χ1) is 8.83. The number of rotatable bonds is 2. The molecule has 92 valence electrons. The molecule has 2 aromatic rings. The van der Waals surface area contributed by atoms with Crippen LogP contribution in [0.4, 0.5) is 11.6 Å². The highest BCUT2D eigenvalue weighted by Crippen LogP contribution is 2.24. The van der Waals surface area contributed by atoms with Crippen LogP contribution in [-0.2, 0) is 0 Å². The van der Waals surface area contributed by atoms with Crippen molar-refractivity contribution in [2.75, 3.05) is 23.7 Å². The van der Waals surface area contributed by atoms with Crippen LogP contribution in [0.2, 0.25) is 0 Å². The van der Waals surface area contributed by atoms with E-state index in [1.807, 2.05) is 12.3 Å². The van der Waals surface area contributed by atoms with E-state index in [9.17, 15) is 0 Å². The van der Waals surface area contributed by atoms with Gasteiger partial charge in [0.25, 0.3) is 0 Å². The van der Waals surface area contributed by atoms with Crippen molar-refractivity contribution < 1.29 is 0 Å². The van der Waals surface area contributed by atoms with E-state index in [1.165, 1.54) is 12.8 Å². The van der Waals surface area contributed by atoms with Crippen LogP contribution >= 0.6 is 0 Å². The Hall–Kier alpha value is -2.17. The molecule has 5 nitrogen and oxygen atoms in total. The molecule has 5 heteroatoms. The molecule has 0 radical (unpaired) electrons. The highest BCUT2D eigenvalue weighted by molar-refractivity contribution is 5.64. The summed E-state index contributed by atoms with van der Waals surface area (Å²) in [6.45, 7) is 2.22. The summed E-state index contributed by atoms with van der Waals surface area (Å²) in [5.74, 6) is 0.291. The Bertz CT molecular complexity index is 549. The van der Waals surface area contributed by atoms with Gasteiger partial charge in [0.05, 0.1) is 17.6 Å². The summed E-state index contributed by atoms with van der Waals surface area (Å²) in [6, 6.07) is 3.96. The van der Waals surface area contributed by atoms with Gasteiger partial charge < -0.3 is 10.6 Å². The Morgan fingerprint density at radius 1 is 1.17 bits per heavy atom. The number of nitrogens with zero attached hydrogens (tertiary/aromatic N) is 4. The number of nitrogen functional groups attached to an aromatic ring is 1. The molecule has 18 heavy (non-hydrogen) atoms. The Kier molecular flexibility index (Phi) is 2.80. The zero-order chi connectivity index (χ0) is 12.4. The summed E-state index contributed by atoms with van der Waals surface area (Å²) in [5.41, 5.74) is 8.55. The summed E-state index contributed by atoms with van der Waals surface area (Å²) >= 11 is 0. The molecule has 2 N–H and O–H groups in total. The minimum absolute atomic E-state index is 0.291. The standard InChI is InChI=1S/C13H15N5/c14-13-16-4-3-12(17-13)10-7-11(9-15-8-10)18-5-1-2-6-18/h3-4,7-9H,1-2,5-6H2,(H2,14,16,17). The van der Waals surface area contributed by atoms with Crippen molar-refractivity contribution in [2.45, 2.75) is 12.8 Å². The molecule has 2 aromatic heterocycles. The highest BCUT2D eigenvalue weighted by atomic mass is 15.1. The van der Waals surface area contributed by atoms with Crippen LogP contribution in [-0.4, -0.2) is 28.0 Å². The Labute approximate surface area is 106 Å². The van der Waals surface area contributed by atoms with Crippen molar-refractivity contribution in [2.24, 2.45) is 0 Å². The second kappa shape index (κ2) is 4.60. The van der Waals surface area contributed by atoms with Gasteiger partial charge in [-0.25, -0.2) is 9.97 Å². The van der Waals surface area contributed by atoms with Crippen LogP contribution in [0.1, 0.15) is 12.8 Å². The molecule has 0 bridgehead atoms. The van der Waals surface area contributed by atoms with Crippen LogP contribution in [0.25, 0.3) is 11.3 Å². The van der Waals surface area contributed by atoms with E-state index in [1.54, 1.807) is 12.4 Å². The average Bonchev–Trinajstić information content (AvgIpc) is 2.93. The van der Waals surface area contributed by atoms with Gasteiger partial charge >= 0.3 is 0 Å². The van der Waals surface area contributed by atoms with Crippen LogP contribution in [0.3, 0.4) is 0 Å². The van der Waals surface area contributed by atoms with Gasteiger partial charge in [0.15, 0.2) is 0 Å². The first-order valence-electron chi connectivity index (χ1n) is 6.12. The third-order valence-corrected chi connectivity index (χ3v) is 3.17. The minimum Gasteiger partial charge on any atom is -0.370 e. The van der Waals surface area contributed by atoms with Crippen LogP contribution in [0, 0.1) is 0 Å². The van der Waals surface area contributed by atoms with Gasteiger partial charge in [-0.05, 0) is 25.0 Å². The quantitative estimate of drug-likeness (QED) is 0.867. The van der Waals surface area contributed by atoms with Crippen molar-refractivity contribution in [1.82, 2.24) is 15.0 Å². The maximum absolute atomic E-state index is 5.60. The normalized spacial score (nSPS) is 15.0. The Morgan fingerprint density at radius 2 is 2.00 bits per heavy atom. The van der Waals surface area contributed by atoms with Gasteiger partial charge in [0, 0.05) is 31.0 Å². The van der Waals surface area contributed by atoms with Gasteiger partial charge in [0.1, 0.15) is 0 Å². The molecule has 0 atom stereocenters. The van der Waals surface area contributed by atoms with E-state index in [-0.39, 0.29) is 0 Å². The predicted octanol–water partition coefficient (Wildman–Crippen LogP) is 1.72. The smallest absolute Gasteiger partial charge is 0.220 e. The molecule has 0 unspecified atom stereocenters. The van der Waals surface area contributed by atoms with Gasteiger partial charge in [-0.3, -0.25) is 4.98 Å². The average molecular weight is 241 g/mol. The van der Waals surface area contributed by atoms with Gasteiger partial charge in [-0.15, -0.1) is 0 Å². The maximum atomic E-state index is 5.60. The number of aromatic nitrogens is 3. The topological polar surface area (TPSA) is 67.9 Å². The van der Waals surface area contributed by atoms with Crippen LogP contribution in [0.5, 0.6) is 0 Å². The molecule has 3 heterocycles. The molecule has 0 aromatic carbocycles.